The number of nitro groups is 1. The number of thiazole rings is 1. The molecule has 1 aliphatic heterocycles. The fraction of sp³-hybridized carbons (Fsp3) is 0.500. The summed E-state index contributed by atoms with van der Waals surface area (Å²) in [4.78, 5) is 19.0. The van der Waals surface area contributed by atoms with Crippen LogP contribution in [0.2, 0.25) is 0 Å². The van der Waals surface area contributed by atoms with E-state index in [1.54, 1.807) is 23.0 Å². The number of ether oxygens (including phenoxy) is 1. The standard InChI is InChI=1S/C8H10IN5O3S/c1-12-4-17-5-13(8(12)11-14(15)16)3-6-2-10-7(9)18-6/h2H,3-5H2,1H3. The molecule has 1 aliphatic rings. The number of hydrazone groups is 1. The smallest absolute Gasteiger partial charge is 0.277 e. The average molecular weight is 383 g/mol. The second-order valence-electron chi connectivity index (χ2n) is 3.58. The highest BCUT2D eigenvalue weighted by Gasteiger charge is 2.25. The van der Waals surface area contributed by atoms with Crippen LogP contribution in [0.1, 0.15) is 4.88 Å². The Labute approximate surface area is 121 Å². The maximum absolute atomic E-state index is 10.5. The van der Waals surface area contributed by atoms with Crippen molar-refractivity contribution in [1.82, 2.24) is 14.8 Å². The predicted molar refractivity (Wildman–Crippen MR) is 73.4 cm³/mol. The number of halogens is 1. The number of hydrogen-bond donors (Lipinski definition) is 0. The highest BCUT2D eigenvalue weighted by Crippen LogP contribution is 2.18. The summed E-state index contributed by atoms with van der Waals surface area (Å²) in [7, 11) is 1.70. The van der Waals surface area contributed by atoms with Crippen molar-refractivity contribution < 1.29 is 9.77 Å². The molecule has 0 aromatic carbocycles. The Bertz CT molecular complexity index is 479. The molecule has 0 saturated carbocycles. The van der Waals surface area contributed by atoms with Crippen LogP contribution in [0.4, 0.5) is 0 Å². The monoisotopic (exact) mass is 383 g/mol. The Morgan fingerprint density at radius 3 is 3.11 bits per heavy atom. The van der Waals surface area contributed by atoms with Gasteiger partial charge in [0.1, 0.15) is 18.6 Å². The van der Waals surface area contributed by atoms with Crippen molar-refractivity contribution in [3.05, 3.63) is 24.2 Å². The van der Waals surface area contributed by atoms with Crippen molar-refractivity contribution in [2.45, 2.75) is 6.54 Å². The summed E-state index contributed by atoms with van der Waals surface area (Å²) in [5.74, 6) is 0.301. The third-order valence-corrected chi connectivity index (χ3v) is 3.91. The van der Waals surface area contributed by atoms with E-state index in [9.17, 15) is 10.1 Å². The summed E-state index contributed by atoms with van der Waals surface area (Å²) in [6.07, 6.45) is 1.75. The van der Waals surface area contributed by atoms with Crippen LogP contribution in [0.5, 0.6) is 0 Å². The van der Waals surface area contributed by atoms with Gasteiger partial charge in [-0.25, -0.2) is 15.1 Å². The average Bonchev–Trinajstić information content (AvgIpc) is 2.69. The molecule has 18 heavy (non-hydrogen) atoms. The van der Waals surface area contributed by atoms with Gasteiger partial charge in [0, 0.05) is 18.1 Å². The first-order chi connectivity index (χ1) is 8.56. The number of rotatable bonds is 3. The molecule has 0 bridgehead atoms. The van der Waals surface area contributed by atoms with Gasteiger partial charge in [-0.15, -0.1) is 11.3 Å². The van der Waals surface area contributed by atoms with Gasteiger partial charge in [-0.3, -0.25) is 0 Å². The highest BCUT2D eigenvalue weighted by molar-refractivity contribution is 14.1. The lowest BCUT2D eigenvalue weighted by atomic mass is 10.5. The molecule has 10 heteroatoms. The largest absolute Gasteiger partial charge is 0.341 e. The van der Waals surface area contributed by atoms with Crippen molar-refractivity contribution in [3.63, 3.8) is 0 Å². The number of hydrogen-bond acceptors (Lipinski definition) is 5. The van der Waals surface area contributed by atoms with E-state index in [-0.39, 0.29) is 6.73 Å². The maximum Gasteiger partial charge on any atom is 0.277 e. The fourth-order valence-electron chi connectivity index (χ4n) is 1.52. The molecule has 0 spiro atoms. The summed E-state index contributed by atoms with van der Waals surface area (Å²) < 4.78 is 6.25. The lowest BCUT2D eigenvalue weighted by Crippen LogP contribution is -2.49. The lowest BCUT2D eigenvalue weighted by molar-refractivity contribution is -0.486. The second kappa shape index (κ2) is 5.75. The molecule has 98 valence electrons. The highest BCUT2D eigenvalue weighted by atomic mass is 127. The molecule has 1 aromatic rings. The van der Waals surface area contributed by atoms with Crippen LogP contribution >= 0.6 is 33.9 Å². The SMILES string of the molecule is CN1COCN(Cc2cnc(I)s2)C1=N[N+](=O)[O-]. The minimum atomic E-state index is -0.694. The summed E-state index contributed by atoms with van der Waals surface area (Å²) in [6.45, 7) is 1.08. The molecular weight excluding hydrogens is 373 g/mol. The number of nitrogens with zero attached hydrogens (tertiary/aromatic N) is 5. The molecule has 2 rings (SSSR count). The quantitative estimate of drug-likeness (QED) is 0.440. The van der Waals surface area contributed by atoms with Crippen molar-refractivity contribution in [3.8, 4) is 0 Å². The van der Waals surface area contributed by atoms with Gasteiger partial charge in [-0.1, -0.05) is 0 Å². The second-order valence-corrected chi connectivity index (χ2v) is 6.44. The van der Waals surface area contributed by atoms with Crippen LogP contribution in [0.15, 0.2) is 11.3 Å². The van der Waals surface area contributed by atoms with E-state index < -0.39 is 5.03 Å². The molecule has 0 unspecified atom stereocenters. The van der Waals surface area contributed by atoms with Crippen LogP contribution < -0.4 is 0 Å². The third kappa shape index (κ3) is 3.26. The molecular formula is C8H10IN5O3S. The van der Waals surface area contributed by atoms with Gasteiger partial charge in [0.15, 0.2) is 8.05 Å². The summed E-state index contributed by atoms with van der Waals surface area (Å²) >= 11 is 3.67. The summed E-state index contributed by atoms with van der Waals surface area (Å²) in [5, 5.41) is 13.2. The molecule has 0 radical (unpaired) electrons. The molecule has 8 nitrogen and oxygen atoms in total. The molecule has 2 heterocycles. The normalized spacial score (nSPS) is 18.4. The summed E-state index contributed by atoms with van der Waals surface area (Å²) in [5.41, 5.74) is 0. The Balaban J connectivity index is 2.15. The van der Waals surface area contributed by atoms with Crippen LogP contribution in [0.25, 0.3) is 0 Å². The zero-order valence-electron chi connectivity index (χ0n) is 9.45. The molecule has 0 aliphatic carbocycles. The van der Waals surface area contributed by atoms with Crippen LogP contribution in [-0.4, -0.2) is 46.3 Å². The molecule has 0 amide bonds. The topological polar surface area (TPSA) is 84.1 Å². The van der Waals surface area contributed by atoms with Crippen LogP contribution in [0.3, 0.4) is 0 Å². The van der Waals surface area contributed by atoms with Crippen LogP contribution in [0, 0.1) is 13.1 Å². The number of guanidine groups is 1. The van der Waals surface area contributed by atoms with Crippen molar-refractivity contribution in [2.75, 3.05) is 20.5 Å². The van der Waals surface area contributed by atoms with Gasteiger partial charge in [0.2, 0.25) is 0 Å². The zero-order valence-corrected chi connectivity index (χ0v) is 12.4. The van der Waals surface area contributed by atoms with E-state index in [0.717, 1.165) is 7.89 Å². The first-order valence-corrected chi connectivity index (χ1v) is 6.83. The molecule has 0 atom stereocenters. The van der Waals surface area contributed by atoms with E-state index in [1.165, 1.54) is 11.3 Å². The lowest BCUT2D eigenvalue weighted by Gasteiger charge is -2.34. The summed E-state index contributed by atoms with van der Waals surface area (Å²) in [6, 6.07) is 0. The Morgan fingerprint density at radius 2 is 2.50 bits per heavy atom. The van der Waals surface area contributed by atoms with E-state index >= 15 is 0 Å². The van der Waals surface area contributed by atoms with Crippen molar-refractivity contribution in [1.29, 1.82) is 0 Å². The first-order valence-electron chi connectivity index (χ1n) is 4.93. The maximum atomic E-state index is 10.5. The van der Waals surface area contributed by atoms with Crippen molar-refractivity contribution >= 4 is 39.9 Å². The van der Waals surface area contributed by atoms with E-state index in [1.807, 2.05) is 0 Å². The van der Waals surface area contributed by atoms with Gasteiger partial charge >= 0.3 is 0 Å². The third-order valence-electron chi connectivity index (χ3n) is 2.20. The molecule has 1 fully saturated rings. The van der Waals surface area contributed by atoms with E-state index in [2.05, 4.69) is 32.7 Å². The van der Waals surface area contributed by atoms with E-state index in [4.69, 9.17) is 4.74 Å². The van der Waals surface area contributed by atoms with Gasteiger partial charge in [-0.05, 0) is 22.6 Å². The zero-order chi connectivity index (χ0) is 13.1. The molecule has 0 N–H and O–H groups in total. The molecule has 1 aromatic heterocycles. The van der Waals surface area contributed by atoms with Gasteiger partial charge in [0.25, 0.3) is 5.96 Å². The Morgan fingerprint density at radius 1 is 1.72 bits per heavy atom. The van der Waals surface area contributed by atoms with Gasteiger partial charge in [0.05, 0.1) is 6.54 Å². The minimum absolute atomic E-state index is 0.283. The van der Waals surface area contributed by atoms with Crippen molar-refractivity contribution in [2.24, 2.45) is 5.10 Å². The van der Waals surface area contributed by atoms with Gasteiger partial charge in [-0.2, -0.15) is 0 Å². The minimum Gasteiger partial charge on any atom is -0.341 e. The van der Waals surface area contributed by atoms with E-state index in [0.29, 0.717) is 19.2 Å². The van der Waals surface area contributed by atoms with Gasteiger partial charge < -0.3 is 14.5 Å². The number of aromatic nitrogens is 1. The fourth-order valence-corrected chi connectivity index (χ4v) is 3.15. The first kappa shape index (κ1) is 13.4. The molecule has 1 saturated heterocycles. The predicted octanol–water partition coefficient (Wildman–Crippen LogP) is 0.974. The Kier molecular flexibility index (Phi) is 4.29. The Hall–Kier alpha value is -1.01. The van der Waals surface area contributed by atoms with Crippen LogP contribution in [-0.2, 0) is 11.3 Å².